The van der Waals surface area contributed by atoms with Crippen molar-refractivity contribution in [1.29, 1.82) is 0 Å². The van der Waals surface area contributed by atoms with E-state index in [4.69, 9.17) is 0 Å². The van der Waals surface area contributed by atoms with Crippen molar-refractivity contribution in [3.63, 3.8) is 0 Å². The van der Waals surface area contributed by atoms with E-state index in [2.05, 4.69) is 32.7 Å². The molecule has 0 spiro atoms. The molecule has 0 heterocycles. The first kappa shape index (κ1) is 11.9. The fraction of sp³-hybridized carbons (Fsp3) is 1.00. The van der Waals surface area contributed by atoms with Gasteiger partial charge in [-0.2, -0.15) is 0 Å². The van der Waals surface area contributed by atoms with Gasteiger partial charge in [0.15, 0.2) is 0 Å². The third kappa shape index (κ3) is 4.07. The van der Waals surface area contributed by atoms with Crippen molar-refractivity contribution in [2.24, 2.45) is 5.92 Å². The van der Waals surface area contributed by atoms with Gasteiger partial charge >= 0.3 is 0 Å². The molecule has 0 amide bonds. The zero-order valence-electron chi connectivity index (χ0n) is 9.04. The van der Waals surface area contributed by atoms with Crippen LogP contribution >= 0.6 is 0 Å². The van der Waals surface area contributed by atoms with E-state index in [9.17, 15) is 5.11 Å². The van der Waals surface area contributed by atoms with Crippen molar-refractivity contribution in [3.05, 3.63) is 0 Å². The largest absolute Gasteiger partial charge is 0.392 e. The molecule has 0 bridgehead atoms. The maximum absolute atomic E-state index is 9.42. The molecule has 0 aliphatic rings. The summed E-state index contributed by atoms with van der Waals surface area (Å²) >= 11 is 0. The summed E-state index contributed by atoms with van der Waals surface area (Å²) in [5.41, 5.74) is 0. The number of hydrogen-bond acceptors (Lipinski definition) is 2. The predicted molar refractivity (Wildman–Crippen MR) is 53.2 cm³/mol. The van der Waals surface area contributed by atoms with Gasteiger partial charge in [-0.25, -0.2) is 0 Å². The van der Waals surface area contributed by atoms with E-state index >= 15 is 0 Å². The van der Waals surface area contributed by atoms with Crippen LogP contribution in [0.15, 0.2) is 0 Å². The van der Waals surface area contributed by atoms with Gasteiger partial charge in [0, 0.05) is 12.6 Å². The SMILES string of the molecule is CCC(O)CN(C)C(C)C(C)C. The first-order valence-corrected chi connectivity index (χ1v) is 4.87. The number of aliphatic hydroxyl groups is 1. The minimum absolute atomic E-state index is 0.170. The molecule has 2 heteroatoms. The molecule has 12 heavy (non-hydrogen) atoms. The van der Waals surface area contributed by atoms with Crippen LogP contribution in [-0.4, -0.2) is 35.7 Å². The maximum atomic E-state index is 9.42. The molecule has 74 valence electrons. The second-order valence-corrected chi connectivity index (χ2v) is 3.99. The lowest BCUT2D eigenvalue weighted by Crippen LogP contribution is -2.38. The van der Waals surface area contributed by atoms with Crippen LogP contribution in [0, 0.1) is 5.92 Å². The van der Waals surface area contributed by atoms with Crippen molar-refractivity contribution in [2.45, 2.75) is 46.3 Å². The van der Waals surface area contributed by atoms with Gasteiger partial charge in [0.2, 0.25) is 0 Å². The molecule has 0 aromatic heterocycles. The van der Waals surface area contributed by atoms with Crippen LogP contribution in [0.25, 0.3) is 0 Å². The fourth-order valence-corrected chi connectivity index (χ4v) is 1.14. The van der Waals surface area contributed by atoms with Crippen LogP contribution in [0.3, 0.4) is 0 Å². The Balaban J connectivity index is 3.78. The Morgan fingerprint density at radius 3 is 2.08 bits per heavy atom. The monoisotopic (exact) mass is 173 g/mol. The zero-order chi connectivity index (χ0) is 9.72. The topological polar surface area (TPSA) is 23.5 Å². The molecule has 2 atom stereocenters. The highest BCUT2D eigenvalue weighted by atomic mass is 16.3. The Kier molecular flexibility index (Phi) is 5.51. The molecule has 1 N–H and O–H groups in total. The minimum Gasteiger partial charge on any atom is -0.392 e. The number of nitrogens with zero attached hydrogens (tertiary/aromatic N) is 1. The van der Waals surface area contributed by atoms with Crippen molar-refractivity contribution < 1.29 is 5.11 Å². The summed E-state index contributed by atoms with van der Waals surface area (Å²) in [7, 11) is 2.07. The quantitative estimate of drug-likeness (QED) is 0.684. The first-order chi connectivity index (χ1) is 5.49. The van der Waals surface area contributed by atoms with E-state index in [0.717, 1.165) is 13.0 Å². The van der Waals surface area contributed by atoms with E-state index in [1.165, 1.54) is 0 Å². The number of aliphatic hydroxyl groups excluding tert-OH is 1. The van der Waals surface area contributed by atoms with Crippen molar-refractivity contribution in [1.82, 2.24) is 4.90 Å². The smallest absolute Gasteiger partial charge is 0.0664 e. The van der Waals surface area contributed by atoms with Crippen LogP contribution in [0.1, 0.15) is 34.1 Å². The molecule has 2 unspecified atom stereocenters. The Hall–Kier alpha value is -0.0800. The summed E-state index contributed by atoms with van der Waals surface area (Å²) in [5, 5.41) is 9.42. The molecule has 0 aromatic rings. The van der Waals surface area contributed by atoms with Crippen molar-refractivity contribution >= 4 is 0 Å². The number of hydrogen-bond donors (Lipinski definition) is 1. The maximum Gasteiger partial charge on any atom is 0.0664 e. The van der Waals surface area contributed by atoms with Crippen LogP contribution in [0.5, 0.6) is 0 Å². The standard InChI is InChI=1S/C10H23NO/c1-6-10(12)7-11(5)9(4)8(2)3/h8-10,12H,6-7H2,1-5H3. The molecule has 0 fully saturated rings. The lowest BCUT2D eigenvalue weighted by molar-refractivity contribution is 0.0928. The molecular formula is C10H23NO. The average molecular weight is 173 g/mol. The highest BCUT2D eigenvalue weighted by Gasteiger charge is 2.14. The second-order valence-electron chi connectivity index (χ2n) is 3.99. The second kappa shape index (κ2) is 5.55. The molecule has 0 aliphatic heterocycles. The molecule has 0 saturated carbocycles. The third-order valence-electron chi connectivity index (χ3n) is 2.63. The van der Waals surface area contributed by atoms with Crippen LogP contribution in [0.2, 0.25) is 0 Å². The third-order valence-corrected chi connectivity index (χ3v) is 2.63. The molecule has 0 aromatic carbocycles. The normalized spacial score (nSPS) is 17.0. The number of rotatable bonds is 5. The van der Waals surface area contributed by atoms with E-state index < -0.39 is 0 Å². The van der Waals surface area contributed by atoms with Gasteiger partial charge in [-0.05, 0) is 26.3 Å². The van der Waals surface area contributed by atoms with E-state index in [1.54, 1.807) is 0 Å². The summed E-state index contributed by atoms with van der Waals surface area (Å²) in [5.74, 6) is 0.652. The molecule has 0 saturated heterocycles. The Labute approximate surface area is 76.6 Å². The lowest BCUT2D eigenvalue weighted by Gasteiger charge is -2.29. The molecule has 2 nitrogen and oxygen atoms in total. The van der Waals surface area contributed by atoms with Crippen LogP contribution < -0.4 is 0 Å². The molecule has 0 radical (unpaired) electrons. The van der Waals surface area contributed by atoms with Gasteiger partial charge in [-0.3, -0.25) is 0 Å². The van der Waals surface area contributed by atoms with E-state index in [1.807, 2.05) is 6.92 Å². The van der Waals surface area contributed by atoms with Gasteiger partial charge in [0.25, 0.3) is 0 Å². The van der Waals surface area contributed by atoms with Crippen molar-refractivity contribution in [3.8, 4) is 0 Å². The van der Waals surface area contributed by atoms with Crippen molar-refractivity contribution in [2.75, 3.05) is 13.6 Å². The summed E-state index contributed by atoms with van der Waals surface area (Å²) in [6, 6.07) is 0.547. The highest BCUT2D eigenvalue weighted by Crippen LogP contribution is 2.08. The summed E-state index contributed by atoms with van der Waals surface area (Å²) in [4.78, 5) is 2.22. The van der Waals surface area contributed by atoms with E-state index in [-0.39, 0.29) is 6.10 Å². The lowest BCUT2D eigenvalue weighted by atomic mass is 10.0. The van der Waals surface area contributed by atoms with Gasteiger partial charge < -0.3 is 10.0 Å². The molecule has 0 aliphatic carbocycles. The molecule has 0 rings (SSSR count). The van der Waals surface area contributed by atoms with Gasteiger partial charge in [-0.1, -0.05) is 20.8 Å². The Bertz CT molecular complexity index is 114. The minimum atomic E-state index is -0.170. The fourth-order valence-electron chi connectivity index (χ4n) is 1.14. The van der Waals surface area contributed by atoms with Gasteiger partial charge in [0.05, 0.1) is 6.10 Å². The van der Waals surface area contributed by atoms with Crippen LogP contribution in [-0.2, 0) is 0 Å². The molecular weight excluding hydrogens is 150 g/mol. The summed E-state index contributed by atoms with van der Waals surface area (Å²) in [6.45, 7) is 9.42. The summed E-state index contributed by atoms with van der Waals surface area (Å²) in [6.07, 6.45) is 0.672. The van der Waals surface area contributed by atoms with Crippen LogP contribution in [0.4, 0.5) is 0 Å². The Morgan fingerprint density at radius 2 is 1.75 bits per heavy atom. The summed E-state index contributed by atoms with van der Waals surface area (Å²) < 4.78 is 0. The zero-order valence-corrected chi connectivity index (χ0v) is 9.04. The first-order valence-electron chi connectivity index (χ1n) is 4.87. The average Bonchev–Trinajstić information content (AvgIpc) is 2.02. The highest BCUT2D eigenvalue weighted by molar-refractivity contribution is 4.69. The van der Waals surface area contributed by atoms with E-state index in [0.29, 0.717) is 12.0 Å². The van der Waals surface area contributed by atoms with Gasteiger partial charge in [0.1, 0.15) is 0 Å². The van der Waals surface area contributed by atoms with Gasteiger partial charge in [-0.15, -0.1) is 0 Å². The number of likely N-dealkylation sites (N-methyl/N-ethyl adjacent to an activating group) is 1. The predicted octanol–water partition coefficient (Wildman–Crippen LogP) is 1.73. The Morgan fingerprint density at radius 1 is 1.25 bits per heavy atom.